The lowest BCUT2D eigenvalue weighted by molar-refractivity contribution is -0.115. The van der Waals surface area contributed by atoms with E-state index in [1.165, 1.54) is 5.57 Å². The van der Waals surface area contributed by atoms with Gasteiger partial charge in [0.1, 0.15) is 0 Å². The Hall–Kier alpha value is -0.960. The smallest absolute Gasteiger partial charge is 0.155 e. The third kappa shape index (κ3) is 3.25. The highest BCUT2D eigenvalue weighted by atomic mass is 32.1. The van der Waals surface area contributed by atoms with E-state index < -0.39 is 0 Å². The fourth-order valence-corrected chi connectivity index (χ4v) is 3.01. The maximum Gasteiger partial charge on any atom is 0.155 e. The van der Waals surface area contributed by atoms with E-state index in [1.807, 2.05) is 6.08 Å². The third-order valence-electron chi connectivity index (χ3n) is 2.98. The van der Waals surface area contributed by atoms with E-state index in [9.17, 15) is 4.79 Å². The second-order valence-corrected chi connectivity index (χ2v) is 6.62. The van der Waals surface area contributed by atoms with Gasteiger partial charge in [-0.1, -0.05) is 26.3 Å². The highest BCUT2D eigenvalue weighted by Gasteiger charge is 2.18. The number of carbonyl (C=O) groups excluding carboxylic acids is 1. The van der Waals surface area contributed by atoms with Crippen LogP contribution < -0.4 is 0 Å². The Morgan fingerprint density at radius 1 is 1.35 bits per heavy atom. The topological polar surface area (TPSA) is 30.0 Å². The molecule has 0 unspecified atom stereocenters. The van der Waals surface area contributed by atoms with Gasteiger partial charge in [-0.25, -0.2) is 4.98 Å². The van der Waals surface area contributed by atoms with Crippen molar-refractivity contribution in [1.82, 2.24) is 4.98 Å². The standard InChI is InChI=1S/C14H19NOS/c1-14(2,3)12-9-17-13(15-12)8-10-5-4-6-11(16)7-10/h7,9H,4-6,8H2,1-3H3. The summed E-state index contributed by atoms with van der Waals surface area (Å²) >= 11 is 1.71. The van der Waals surface area contributed by atoms with Crippen molar-refractivity contribution in [1.29, 1.82) is 0 Å². The maximum atomic E-state index is 11.3. The van der Waals surface area contributed by atoms with Crippen LogP contribution in [-0.4, -0.2) is 10.8 Å². The van der Waals surface area contributed by atoms with Gasteiger partial charge < -0.3 is 0 Å². The Kier molecular flexibility index (Phi) is 3.48. The van der Waals surface area contributed by atoms with Crippen molar-refractivity contribution in [2.45, 2.75) is 51.9 Å². The van der Waals surface area contributed by atoms with E-state index in [0.29, 0.717) is 6.42 Å². The normalized spacial score (nSPS) is 17.1. The summed E-state index contributed by atoms with van der Waals surface area (Å²) < 4.78 is 0. The van der Waals surface area contributed by atoms with Gasteiger partial charge in [0.2, 0.25) is 0 Å². The monoisotopic (exact) mass is 249 g/mol. The van der Waals surface area contributed by atoms with Gasteiger partial charge in [-0.3, -0.25) is 4.79 Å². The number of hydrogen-bond acceptors (Lipinski definition) is 3. The number of aromatic nitrogens is 1. The lowest BCUT2D eigenvalue weighted by Crippen LogP contribution is -2.11. The van der Waals surface area contributed by atoms with Crippen molar-refractivity contribution < 1.29 is 4.79 Å². The summed E-state index contributed by atoms with van der Waals surface area (Å²) in [4.78, 5) is 16.0. The highest BCUT2D eigenvalue weighted by molar-refractivity contribution is 7.09. The zero-order chi connectivity index (χ0) is 12.5. The van der Waals surface area contributed by atoms with Gasteiger partial charge in [-0.2, -0.15) is 0 Å². The summed E-state index contributed by atoms with van der Waals surface area (Å²) in [7, 11) is 0. The Morgan fingerprint density at radius 2 is 2.12 bits per heavy atom. The molecule has 0 N–H and O–H groups in total. The molecule has 1 aromatic rings. The average Bonchev–Trinajstić information content (AvgIpc) is 2.65. The predicted molar refractivity (Wildman–Crippen MR) is 71.5 cm³/mol. The van der Waals surface area contributed by atoms with E-state index in [-0.39, 0.29) is 11.2 Å². The molecule has 3 heteroatoms. The average molecular weight is 249 g/mol. The Morgan fingerprint density at radius 3 is 2.71 bits per heavy atom. The summed E-state index contributed by atoms with van der Waals surface area (Å²) in [5.41, 5.74) is 2.52. The highest BCUT2D eigenvalue weighted by Crippen LogP contribution is 2.26. The molecule has 1 heterocycles. The number of nitrogens with zero attached hydrogens (tertiary/aromatic N) is 1. The third-order valence-corrected chi connectivity index (χ3v) is 3.83. The van der Waals surface area contributed by atoms with Gasteiger partial charge >= 0.3 is 0 Å². The Labute approximate surface area is 107 Å². The molecule has 0 aromatic carbocycles. The molecule has 1 aliphatic rings. The van der Waals surface area contributed by atoms with Crippen LogP contribution in [0, 0.1) is 0 Å². The molecule has 1 aliphatic carbocycles. The van der Waals surface area contributed by atoms with Crippen LogP contribution >= 0.6 is 11.3 Å². The fourth-order valence-electron chi connectivity index (χ4n) is 1.93. The van der Waals surface area contributed by atoms with Crippen molar-refractivity contribution in [3.8, 4) is 0 Å². The zero-order valence-electron chi connectivity index (χ0n) is 10.7. The number of hydrogen-bond donors (Lipinski definition) is 0. The summed E-state index contributed by atoms with van der Waals surface area (Å²) in [5, 5.41) is 3.27. The Balaban J connectivity index is 2.09. The first kappa shape index (κ1) is 12.5. The first-order valence-corrected chi connectivity index (χ1v) is 7.00. The Bertz CT molecular complexity index is 451. The van der Waals surface area contributed by atoms with Gasteiger partial charge in [-0.15, -0.1) is 11.3 Å². The number of ketones is 1. The molecular formula is C14H19NOS. The molecule has 0 amide bonds. The van der Waals surface area contributed by atoms with Gasteiger partial charge in [0.15, 0.2) is 5.78 Å². The number of carbonyl (C=O) groups is 1. The van der Waals surface area contributed by atoms with Gasteiger partial charge in [-0.05, 0) is 18.9 Å². The van der Waals surface area contributed by atoms with Crippen molar-refractivity contribution in [3.63, 3.8) is 0 Å². The summed E-state index contributed by atoms with van der Waals surface area (Å²) in [6.45, 7) is 6.53. The summed E-state index contributed by atoms with van der Waals surface area (Å²) in [6.07, 6.45) is 5.45. The van der Waals surface area contributed by atoms with Crippen LogP contribution in [0.25, 0.3) is 0 Å². The van der Waals surface area contributed by atoms with Gasteiger partial charge in [0.05, 0.1) is 10.7 Å². The summed E-state index contributed by atoms with van der Waals surface area (Å²) in [5.74, 6) is 0.277. The van der Waals surface area contributed by atoms with Crippen LogP contribution in [0.5, 0.6) is 0 Å². The van der Waals surface area contributed by atoms with E-state index in [2.05, 4.69) is 31.1 Å². The molecule has 0 saturated heterocycles. The van der Waals surface area contributed by atoms with Crippen LogP contribution in [-0.2, 0) is 16.6 Å². The van der Waals surface area contributed by atoms with Crippen molar-refractivity contribution in [3.05, 3.63) is 27.7 Å². The van der Waals surface area contributed by atoms with E-state index in [4.69, 9.17) is 0 Å². The maximum absolute atomic E-state index is 11.3. The molecule has 0 aliphatic heterocycles. The number of allylic oxidation sites excluding steroid dienone is 2. The number of rotatable bonds is 2. The van der Waals surface area contributed by atoms with Gasteiger partial charge in [0, 0.05) is 23.6 Å². The molecule has 17 heavy (non-hydrogen) atoms. The molecule has 0 bridgehead atoms. The lowest BCUT2D eigenvalue weighted by Gasteiger charge is -2.14. The molecule has 2 nitrogen and oxygen atoms in total. The first-order chi connectivity index (χ1) is 7.95. The fraction of sp³-hybridized carbons (Fsp3) is 0.571. The second kappa shape index (κ2) is 4.73. The van der Waals surface area contributed by atoms with E-state index in [1.54, 1.807) is 11.3 Å². The molecule has 0 fully saturated rings. The predicted octanol–water partition coefficient (Wildman–Crippen LogP) is 3.66. The van der Waals surface area contributed by atoms with Crippen LogP contribution in [0.3, 0.4) is 0 Å². The molecule has 0 spiro atoms. The minimum atomic E-state index is 0.117. The molecule has 0 radical (unpaired) electrons. The van der Waals surface area contributed by atoms with E-state index in [0.717, 1.165) is 30.0 Å². The molecule has 0 atom stereocenters. The van der Waals surface area contributed by atoms with Crippen LogP contribution in [0.15, 0.2) is 17.0 Å². The van der Waals surface area contributed by atoms with Crippen molar-refractivity contribution >= 4 is 17.1 Å². The van der Waals surface area contributed by atoms with Crippen LogP contribution in [0.1, 0.15) is 50.7 Å². The molecule has 2 rings (SSSR count). The van der Waals surface area contributed by atoms with Gasteiger partial charge in [0.25, 0.3) is 0 Å². The molecule has 0 saturated carbocycles. The quantitative estimate of drug-likeness (QED) is 0.800. The van der Waals surface area contributed by atoms with Crippen LogP contribution in [0.4, 0.5) is 0 Å². The first-order valence-electron chi connectivity index (χ1n) is 6.12. The zero-order valence-corrected chi connectivity index (χ0v) is 11.6. The molecular weight excluding hydrogens is 230 g/mol. The van der Waals surface area contributed by atoms with Crippen molar-refractivity contribution in [2.75, 3.05) is 0 Å². The lowest BCUT2D eigenvalue weighted by atomic mass is 9.93. The minimum Gasteiger partial charge on any atom is -0.295 e. The molecule has 1 aromatic heterocycles. The minimum absolute atomic E-state index is 0.117. The summed E-state index contributed by atoms with van der Waals surface area (Å²) in [6, 6.07) is 0. The van der Waals surface area contributed by atoms with Crippen LogP contribution in [0.2, 0.25) is 0 Å². The SMILES string of the molecule is CC(C)(C)c1csc(CC2=CC(=O)CCC2)n1. The number of thiazole rings is 1. The second-order valence-electron chi connectivity index (χ2n) is 5.68. The van der Waals surface area contributed by atoms with Crippen molar-refractivity contribution in [2.24, 2.45) is 0 Å². The molecule has 92 valence electrons. The largest absolute Gasteiger partial charge is 0.295 e. The van der Waals surface area contributed by atoms with E-state index >= 15 is 0 Å².